The van der Waals surface area contributed by atoms with Crippen molar-refractivity contribution in [1.29, 1.82) is 0 Å². The van der Waals surface area contributed by atoms with Gasteiger partial charge in [-0.05, 0) is 23.6 Å². The van der Waals surface area contributed by atoms with E-state index in [0.717, 1.165) is 24.2 Å². The molecule has 0 atom stereocenters. The van der Waals surface area contributed by atoms with Gasteiger partial charge in [0.05, 0.1) is 13.2 Å². The van der Waals surface area contributed by atoms with Crippen LogP contribution < -0.4 is 0 Å². The van der Waals surface area contributed by atoms with Gasteiger partial charge < -0.3 is 9.15 Å². The van der Waals surface area contributed by atoms with E-state index < -0.39 is 0 Å². The van der Waals surface area contributed by atoms with Crippen molar-refractivity contribution in [3.8, 4) is 11.5 Å². The second kappa shape index (κ2) is 3.99. The van der Waals surface area contributed by atoms with Gasteiger partial charge in [-0.2, -0.15) is 0 Å². The number of aromatic nitrogens is 2. The summed E-state index contributed by atoms with van der Waals surface area (Å²) in [5.74, 6) is 0.536. The van der Waals surface area contributed by atoms with Crippen LogP contribution in [0.2, 0.25) is 0 Å². The molecular formula is C11H9BrN2O2. The Morgan fingerprint density at radius 3 is 3.00 bits per heavy atom. The van der Waals surface area contributed by atoms with Gasteiger partial charge in [0.25, 0.3) is 4.80 Å². The first-order valence-electron chi connectivity index (χ1n) is 5.02. The molecule has 0 amide bonds. The third kappa shape index (κ3) is 1.66. The smallest absolute Gasteiger partial charge is 0.285 e. The minimum absolute atomic E-state index is 0.400. The second-order valence-electron chi connectivity index (χ2n) is 3.61. The van der Waals surface area contributed by atoms with Crippen LogP contribution in [0.15, 0.2) is 27.4 Å². The third-order valence-corrected chi connectivity index (χ3v) is 2.99. The standard InChI is InChI=1S/C11H9BrN2O2/c12-11-14-13-10(16-11)8-3-1-2-7-4-5-15-6-9(7)8/h1-3H,4-6H2. The number of hydrogen-bond acceptors (Lipinski definition) is 4. The lowest BCUT2D eigenvalue weighted by Gasteiger charge is -2.18. The van der Waals surface area contributed by atoms with Gasteiger partial charge in [0, 0.05) is 21.5 Å². The highest BCUT2D eigenvalue weighted by Crippen LogP contribution is 2.29. The quantitative estimate of drug-likeness (QED) is 0.806. The molecule has 1 aliphatic rings. The van der Waals surface area contributed by atoms with E-state index in [2.05, 4.69) is 32.2 Å². The third-order valence-electron chi connectivity index (χ3n) is 2.67. The monoisotopic (exact) mass is 280 g/mol. The molecule has 0 bridgehead atoms. The first-order chi connectivity index (χ1) is 7.84. The van der Waals surface area contributed by atoms with E-state index in [-0.39, 0.29) is 0 Å². The fourth-order valence-electron chi connectivity index (χ4n) is 1.91. The summed E-state index contributed by atoms with van der Waals surface area (Å²) in [6.45, 7) is 1.40. The molecule has 0 radical (unpaired) electrons. The summed E-state index contributed by atoms with van der Waals surface area (Å²) in [7, 11) is 0. The Morgan fingerprint density at radius 1 is 1.25 bits per heavy atom. The highest BCUT2D eigenvalue weighted by atomic mass is 79.9. The maximum absolute atomic E-state index is 5.46. The van der Waals surface area contributed by atoms with Crippen LogP contribution >= 0.6 is 15.9 Å². The average molecular weight is 281 g/mol. The minimum atomic E-state index is 0.400. The Kier molecular flexibility index (Phi) is 2.49. The Bertz CT molecular complexity index is 524. The normalized spacial score (nSPS) is 14.8. The average Bonchev–Trinajstić information content (AvgIpc) is 2.75. The summed E-state index contributed by atoms with van der Waals surface area (Å²) < 4.78 is 10.8. The molecule has 0 saturated carbocycles. The summed E-state index contributed by atoms with van der Waals surface area (Å²) in [6, 6.07) is 6.11. The number of nitrogens with zero attached hydrogens (tertiary/aromatic N) is 2. The van der Waals surface area contributed by atoms with E-state index in [0.29, 0.717) is 17.3 Å². The molecule has 0 aliphatic carbocycles. The molecule has 0 fully saturated rings. The Hall–Kier alpha value is -1.20. The fourth-order valence-corrected chi connectivity index (χ4v) is 2.14. The van der Waals surface area contributed by atoms with Gasteiger partial charge in [0.15, 0.2) is 0 Å². The zero-order chi connectivity index (χ0) is 11.0. The van der Waals surface area contributed by atoms with Crippen LogP contribution in [0.25, 0.3) is 11.5 Å². The maximum atomic E-state index is 5.46. The van der Waals surface area contributed by atoms with Crippen LogP contribution in [0.4, 0.5) is 0 Å². The predicted molar refractivity (Wildman–Crippen MR) is 60.8 cm³/mol. The highest BCUT2D eigenvalue weighted by molar-refractivity contribution is 9.10. The fraction of sp³-hybridized carbons (Fsp3) is 0.273. The van der Waals surface area contributed by atoms with Crippen molar-refractivity contribution in [3.05, 3.63) is 34.1 Å². The topological polar surface area (TPSA) is 48.2 Å². The molecule has 16 heavy (non-hydrogen) atoms. The first kappa shape index (κ1) is 9.99. The van der Waals surface area contributed by atoms with Gasteiger partial charge in [-0.25, -0.2) is 0 Å². The second-order valence-corrected chi connectivity index (χ2v) is 4.28. The number of ether oxygens (including phenoxy) is 1. The van der Waals surface area contributed by atoms with Gasteiger partial charge in [-0.1, -0.05) is 12.1 Å². The molecule has 0 unspecified atom stereocenters. The van der Waals surface area contributed by atoms with Gasteiger partial charge in [-0.3, -0.25) is 0 Å². The SMILES string of the molecule is Brc1nnc(-c2cccc3c2COCC3)o1. The van der Waals surface area contributed by atoms with E-state index in [9.17, 15) is 0 Å². The molecule has 4 nitrogen and oxygen atoms in total. The van der Waals surface area contributed by atoms with Gasteiger partial charge in [0.1, 0.15) is 0 Å². The molecule has 1 aliphatic heterocycles. The lowest BCUT2D eigenvalue weighted by Crippen LogP contribution is -2.10. The Morgan fingerprint density at radius 2 is 2.19 bits per heavy atom. The largest absolute Gasteiger partial charge is 0.411 e. The van der Waals surface area contributed by atoms with Crippen LogP contribution in [-0.2, 0) is 17.8 Å². The van der Waals surface area contributed by atoms with Gasteiger partial charge in [0.2, 0.25) is 5.89 Å². The van der Waals surface area contributed by atoms with Crippen molar-refractivity contribution in [2.24, 2.45) is 0 Å². The molecule has 0 N–H and O–H groups in total. The molecule has 5 heteroatoms. The summed E-state index contributed by atoms with van der Waals surface area (Å²) in [6.07, 6.45) is 0.943. The van der Waals surface area contributed by atoms with E-state index >= 15 is 0 Å². The number of benzene rings is 1. The van der Waals surface area contributed by atoms with E-state index in [4.69, 9.17) is 9.15 Å². The molecule has 0 spiro atoms. The number of hydrogen-bond donors (Lipinski definition) is 0. The van der Waals surface area contributed by atoms with Gasteiger partial charge in [-0.15, -0.1) is 10.2 Å². The minimum Gasteiger partial charge on any atom is -0.411 e. The maximum Gasteiger partial charge on any atom is 0.285 e. The lowest BCUT2D eigenvalue weighted by molar-refractivity contribution is 0.111. The lowest BCUT2D eigenvalue weighted by atomic mass is 9.98. The predicted octanol–water partition coefficient (Wildman–Crippen LogP) is 2.57. The Labute approximate surface area is 101 Å². The number of halogens is 1. The van der Waals surface area contributed by atoms with Crippen molar-refractivity contribution in [3.63, 3.8) is 0 Å². The summed E-state index contributed by atoms with van der Waals surface area (Å²) in [4.78, 5) is 0.400. The van der Waals surface area contributed by atoms with E-state index in [1.54, 1.807) is 0 Å². The van der Waals surface area contributed by atoms with Crippen LogP contribution in [0.5, 0.6) is 0 Å². The first-order valence-corrected chi connectivity index (χ1v) is 5.82. The van der Waals surface area contributed by atoms with Crippen LogP contribution in [0.3, 0.4) is 0 Å². The van der Waals surface area contributed by atoms with Crippen LogP contribution in [0.1, 0.15) is 11.1 Å². The van der Waals surface area contributed by atoms with E-state index in [1.807, 2.05) is 12.1 Å². The zero-order valence-corrected chi connectivity index (χ0v) is 10.0. The number of fused-ring (bicyclic) bond motifs is 1. The number of rotatable bonds is 1. The molecule has 1 aromatic heterocycles. The molecule has 3 rings (SSSR count). The van der Waals surface area contributed by atoms with Crippen molar-refractivity contribution >= 4 is 15.9 Å². The highest BCUT2D eigenvalue weighted by Gasteiger charge is 2.17. The summed E-state index contributed by atoms with van der Waals surface area (Å²) in [5, 5.41) is 7.78. The van der Waals surface area contributed by atoms with Crippen molar-refractivity contribution in [2.45, 2.75) is 13.0 Å². The van der Waals surface area contributed by atoms with Crippen molar-refractivity contribution in [2.75, 3.05) is 6.61 Å². The molecule has 2 aromatic rings. The van der Waals surface area contributed by atoms with E-state index in [1.165, 1.54) is 5.56 Å². The summed E-state index contributed by atoms with van der Waals surface area (Å²) >= 11 is 3.15. The summed E-state index contributed by atoms with van der Waals surface area (Å²) in [5.41, 5.74) is 3.43. The molecule has 82 valence electrons. The molecule has 1 aromatic carbocycles. The molecular weight excluding hydrogens is 272 g/mol. The zero-order valence-electron chi connectivity index (χ0n) is 8.44. The van der Waals surface area contributed by atoms with Crippen LogP contribution in [0, 0.1) is 0 Å². The molecule has 2 heterocycles. The van der Waals surface area contributed by atoms with Crippen molar-refractivity contribution in [1.82, 2.24) is 10.2 Å². The van der Waals surface area contributed by atoms with Crippen LogP contribution in [-0.4, -0.2) is 16.8 Å². The molecule has 0 saturated heterocycles. The Balaban J connectivity index is 2.13. The van der Waals surface area contributed by atoms with Gasteiger partial charge >= 0.3 is 0 Å². The van der Waals surface area contributed by atoms with Crippen molar-refractivity contribution < 1.29 is 9.15 Å².